The van der Waals surface area contributed by atoms with Gasteiger partial charge in [-0.3, -0.25) is 14.3 Å². The van der Waals surface area contributed by atoms with Crippen LogP contribution in [-0.4, -0.2) is 37.6 Å². The number of esters is 1. The molecule has 1 atom stereocenters. The maximum atomic E-state index is 11.8. The lowest BCUT2D eigenvalue weighted by atomic mass is 10.2. The summed E-state index contributed by atoms with van der Waals surface area (Å²) in [7, 11) is 0. The molecule has 4 rings (SSSR count). The maximum Gasteiger partial charge on any atom is 0.319 e. The Balaban J connectivity index is 1.80. The molecule has 3 aromatic rings. The highest BCUT2D eigenvalue weighted by Gasteiger charge is 2.30. The standard InChI is InChI=1S/C17H13ClN4O2S/c18-12-1-3-13(4-2-12)22-15(11-5-8-19-9-6-11)20-21-17(22)25-14-7-10-24-16(14)23/h1-6,8-9,14H,7,10H2. The molecule has 0 spiro atoms. The van der Waals surface area contributed by atoms with E-state index in [1.54, 1.807) is 12.4 Å². The molecule has 0 aliphatic carbocycles. The number of pyridine rings is 1. The van der Waals surface area contributed by atoms with Crippen molar-refractivity contribution in [3.8, 4) is 17.1 Å². The molecule has 1 aromatic carbocycles. The molecular weight excluding hydrogens is 360 g/mol. The van der Waals surface area contributed by atoms with Gasteiger partial charge >= 0.3 is 5.97 Å². The molecule has 1 fully saturated rings. The van der Waals surface area contributed by atoms with Crippen LogP contribution in [0.4, 0.5) is 0 Å². The van der Waals surface area contributed by atoms with Crippen molar-refractivity contribution in [2.45, 2.75) is 16.8 Å². The van der Waals surface area contributed by atoms with Gasteiger partial charge in [-0.2, -0.15) is 0 Å². The molecule has 2 aromatic heterocycles. The Labute approximate surface area is 153 Å². The van der Waals surface area contributed by atoms with Crippen LogP contribution in [-0.2, 0) is 9.53 Å². The van der Waals surface area contributed by atoms with Crippen LogP contribution >= 0.6 is 23.4 Å². The molecule has 1 aliphatic heterocycles. The van der Waals surface area contributed by atoms with Gasteiger partial charge in [0.2, 0.25) is 0 Å². The lowest BCUT2D eigenvalue weighted by molar-refractivity contribution is -0.137. The van der Waals surface area contributed by atoms with Crippen LogP contribution in [0.1, 0.15) is 6.42 Å². The summed E-state index contributed by atoms with van der Waals surface area (Å²) in [5, 5.41) is 9.66. The van der Waals surface area contributed by atoms with Gasteiger partial charge in [-0.25, -0.2) is 0 Å². The van der Waals surface area contributed by atoms with Crippen molar-refractivity contribution in [1.82, 2.24) is 19.7 Å². The minimum atomic E-state index is -0.263. The molecule has 3 heterocycles. The Bertz CT molecular complexity index is 899. The monoisotopic (exact) mass is 372 g/mol. The van der Waals surface area contributed by atoms with Crippen LogP contribution in [0.3, 0.4) is 0 Å². The second kappa shape index (κ2) is 6.85. The van der Waals surface area contributed by atoms with E-state index in [1.165, 1.54) is 11.8 Å². The molecule has 0 amide bonds. The fourth-order valence-corrected chi connectivity index (χ4v) is 3.71. The molecule has 1 aliphatic rings. The molecule has 25 heavy (non-hydrogen) atoms. The van der Waals surface area contributed by atoms with Crippen LogP contribution < -0.4 is 0 Å². The van der Waals surface area contributed by atoms with Crippen molar-refractivity contribution < 1.29 is 9.53 Å². The number of carbonyl (C=O) groups excluding carboxylic acids is 1. The van der Waals surface area contributed by atoms with E-state index in [9.17, 15) is 4.79 Å². The number of aromatic nitrogens is 4. The van der Waals surface area contributed by atoms with Crippen LogP contribution in [0.2, 0.25) is 5.02 Å². The van der Waals surface area contributed by atoms with Crippen molar-refractivity contribution in [3.63, 3.8) is 0 Å². The van der Waals surface area contributed by atoms with E-state index < -0.39 is 0 Å². The van der Waals surface area contributed by atoms with E-state index in [-0.39, 0.29) is 11.2 Å². The lowest BCUT2D eigenvalue weighted by Crippen LogP contribution is -2.11. The second-order valence-corrected chi connectivity index (χ2v) is 7.02. The number of cyclic esters (lactones) is 1. The molecular formula is C17H13ClN4O2S. The first-order valence-corrected chi connectivity index (χ1v) is 8.93. The molecule has 0 N–H and O–H groups in total. The zero-order valence-electron chi connectivity index (χ0n) is 13.0. The van der Waals surface area contributed by atoms with Crippen molar-refractivity contribution in [3.05, 3.63) is 53.8 Å². The van der Waals surface area contributed by atoms with Crippen molar-refractivity contribution in [2.24, 2.45) is 0 Å². The van der Waals surface area contributed by atoms with Gasteiger partial charge in [-0.05, 0) is 36.4 Å². The van der Waals surface area contributed by atoms with Crippen LogP contribution in [0.15, 0.2) is 53.9 Å². The second-order valence-electron chi connectivity index (χ2n) is 5.42. The molecule has 6 nitrogen and oxygen atoms in total. The van der Waals surface area contributed by atoms with Gasteiger partial charge < -0.3 is 4.74 Å². The summed E-state index contributed by atoms with van der Waals surface area (Å²) in [6.07, 6.45) is 4.08. The van der Waals surface area contributed by atoms with Crippen molar-refractivity contribution >= 4 is 29.3 Å². The highest BCUT2D eigenvalue weighted by molar-refractivity contribution is 8.00. The van der Waals surface area contributed by atoms with E-state index in [0.717, 1.165) is 11.3 Å². The number of benzene rings is 1. The number of hydrogen-bond donors (Lipinski definition) is 0. The zero-order chi connectivity index (χ0) is 17.2. The maximum absolute atomic E-state index is 11.8. The highest BCUT2D eigenvalue weighted by atomic mass is 35.5. The predicted molar refractivity (Wildman–Crippen MR) is 94.8 cm³/mol. The Hall–Kier alpha value is -2.38. The van der Waals surface area contributed by atoms with Crippen molar-refractivity contribution in [2.75, 3.05) is 6.61 Å². The molecule has 0 bridgehead atoms. The first-order valence-electron chi connectivity index (χ1n) is 7.67. The number of carbonyl (C=O) groups is 1. The minimum Gasteiger partial charge on any atom is -0.465 e. The number of ether oxygens (including phenoxy) is 1. The summed E-state index contributed by atoms with van der Waals surface area (Å²) in [5.74, 6) is 0.472. The van der Waals surface area contributed by atoms with Crippen LogP contribution in [0.5, 0.6) is 0 Å². The fraction of sp³-hybridized carbons (Fsp3) is 0.176. The molecule has 0 saturated carbocycles. The lowest BCUT2D eigenvalue weighted by Gasteiger charge is -2.11. The molecule has 126 valence electrons. The van der Waals surface area contributed by atoms with Gasteiger partial charge in [0.05, 0.1) is 6.61 Å². The summed E-state index contributed by atoms with van der Waals surface area (Å²) in [4.78, 5) is 15.9. The third-order valence-corrected chi connectivity index (χ3v) is 5.23. The minimum absolute atomic E-state index is 0.207. The quantitative estimate of drug-likeness (QED) is 0.654. The van der Waals surface area contributed by atoms with Gasteiger partial charge in [0.25, 0.3) is 0 Å². The Morgan fingerprint density at radius 3 is 2.56 bits per heavy atom. The third-order valence-electron chi connectivity index (χ3n) is 3.79. The van der Waals surface area contributed by atoms with E-state index >= 15 is 0 Å². The van der Waals surface area contributed by atoms with E-state index in [0.29, 0.717) is 29.0 Å². The van der Waals surface area contributed by atoms with Gasteiger partial charge in [0.1, 0.15) is 5.25 Å². The molecule has 8 heteroatoms. The smallest absolute Gasteiger partial charge is 0.319 e. The average Bonchev–Trinajstić information content (AvgIpc) is 3.24. The Kier molecular flexibility index (Phi) is 4.42. The topological polar surface area (TPSA) is 69.9 Å². The number of nitrogens with zero attached hydrogens (tertiary/aromatic N) is 4. The fourth-order valence-electron chi connectivity index (χ4n) is 2.57. The summed E-state index contributed by atoms with van der Waals surface area (Å²) < 4.78 is 6.97. The zero-order valence-corrected chi connectivity index (χ0v) is 14.6. The first kappa shape index (κ1) is 16.1. The van der Waals surface area contributed by atoms with Crippen LogP contribution in [0.25, 0.3) is 17.1 Å². The number of hydrogen-bond acceptors (Lipinski definition) is 6. The van der Waals surface area contributed by atoms with Gasteiger partial charge in [-0.1, -0.05) is 23.4 Å². The summed E-state index contributed by atoms with van der Waals surface area (Å²) in [6, 6.07) is 11.2. The third kappa shape index (κ3) is 3.25. The van der Waals surface area contributed by atoms with E-state index in [4.69, 9.17) is 16.3 Å². The SMILES string of the molecule is O=C1OCCC1Sc1nnc(-c2ccncc2)n1-c1ccc(Cl)cc1. The summed E-state index contributed by atoms with van der Waals surface area (Å²) >= 11 is 7.38. The normalized spacial score (nSPS) is 16.8. The molecule has 1 saturated heterocycles. The number of halogens is 1. The van der Waals surface area contributed by atoms with Gasteiger partial charge in [-0.15, -0.1) is 10.2 Å². The average molecular weight is 373 g/mol. The van der Waals surface area contributed by atoms with Gasteiger partial charge in [0, 0.05) is 35.1 Å². The van der Waals surface area contributed by atoms with Gasteiger partial charge in [0.15, 0.2) is 11.0 Å². The summed E-state index contributed by atoms with van der Waals surface area (Å²) in [5.41, 5.74) is 1.76. The first-order chi connectivity index (χ1) is 12.2. The van der Waals surface area contributed by atoms with E-state index in [1.807, 2.05) is 41.0 Å². The molecule has 0 radical (unpaired) electrons. The van der Waals surface area contributed by atoms with Crippen LogP contribution in [0, 0.1) is 0 Å². The highest BCUT2D eigenvalue weighted by Crippen LogP contribution is 2.33. The number of thioether (sulfide) groups is 1. The number of rotatable bonds is 4. The Morgan fingerprint density at radius 1 is 1.12 bits per heavy atom. The summed E-state index contributed by atoms with van der Waals surface area (Å²) in [6.45, 7) is 0.447. The van der Waals surface area contributed by atoms with E-state index in [2.05, 4.69) is 15.2 Å². The molecule has 1 unspecified atom stereocenters. The Morgan fingerprint density at radius 2 is 1.88 bits per heavy atom. The largest absolute Gasteiger partial charge is 0.465 e. The predicted octanol–water partition coefficient (Wildman–Crippen LogP) is 3.39. The van der Waals surface area contributed by atoms with Crippen molar-refractivity contribution in [1.29, 1.82) is 0 Å².